The molecule has 10 atom stereocenters. The largest absolute Gasteiger partial charge is 0.389 e. The van der Waals surface area contributed by atoms with Gasteiger partial charge in [-0.1, -0.05) is 65.0 Å². The van der Waals surface area contributed by atoms with Crippen LogP contribution in [0.4, 0.5) is 0 Å². The number of fused-ring (bicyclic) bond motifs is 7. The predicted octanol–water partition coefficient (Wildman–Crippen LogP) is 8.11. The van der Waals surface area contributed by atoms with Crippen molar-refractivity contribution in [2.75, 3.05) is 0 Å². The summed E-state index contributed by atoms with van der Waals surface area (Å²) in [5.41, 5.74) is 5.64. The quantitative estimate of drug-likeness (QED) is 0.412. The van der Waals surface area contributed by atoms with E-state index in [0.29, 0.717) is 28.6 Å². The average molecular weight is 437 g/mol. The summed E-state index contributed by atoms with van der Waals surface area (Å²) in [7, 11) is 0. The van der Waals surface area contributed by atoms with Crippen LogP contribution in [0, 0.1) is 51.2 Å². The van der Waals surface area contributed by atoms with Crippen molar-refractivity contribution >= 4 is 0 Å². The van der Waals surface area contributed by atoms with Gasteiger partial charge in [0, 0.05) is 0 Å². The fraction of sp³-hybridized carbons (Fsp3) is 0.806. The molecule has 178 valence electrons. The summed E-state index contributed by atoms with van der Waals surface area (Å²) in [6.45, 7) is 24.3. The van der Waals surface area contributed by atoms with Gasteiger partial charge in [0.05, 0.1) is 6.10 Å². The predicted molar refractivity (Wildman–Crippen MR) is 135 cm³/mol. The monoisotopic (exact) mass is 436 g/mol. The van der Waals surface area contributed by atoms with Crippen LogP contribution >= 0.6 is 0 Å². The lowest BCUT2D eigenvalue weighted by molar-refractivity contribution is -0.151. The van der Waals surface area contributed by atoms with E-state index in [1.807, 2.05) is 5.57 Å². The Bertz CT molecular complexity index is 866. The third kappa shape index (κ3) is 2.61. The fourth-order valence-corrected chi connectivity index (χ4v) is 10.4. The van der Waals surface area contributed by atoms with E-state index in [-0.39, 0.29) is 16.9 Å². The Kier molecular flexibility index (Phi) is 5.09. The number of allylic oxidation sites excluding steroid dienone is 3. The Balaban J connectivity index is 1.61. The molecule has 0 aromatic heterocycles. The zero-order valence-electron chi connectivity index (χ0n) is 21.8. The van der Waals surface area contributed by atoms with E-state index in [1.165, 1.54) is 50.5 Å². The molecule has 0 unspecified atom stereocenters. The summed E-state index contributed by atoms with van der Waals surface area (Å²) in [6.07, 6.45) is 13.6. The van der Waals surface area contributed by atoms with Crippen molar-refractivity contribution in [3.05, 3.63) is 36.0 Å². The Morgan fingerprint density at radius 3 is 2.41 bits per heavy atom. The first-order valence-corrected chi connectivity index (χ1v) is 13.7. The van der Waals surface area contributed by atoms with Crippen LogP contribution in [-0.2, 0) is 0 Å². The molecular formula is C31H48O. The molecule has 1 heteroatoms. The van der Waals surface area contributed by atoms with E-state index in [9.17, 15) is 5.11 Å². The van der Waals surface area contributed by atoms with Gasteiger partial charge in [-0.25, -0.2) is 0 Å². The molecule has 4 saturated carbocycles. The summed E-state index contributed by atoms with van der Waals surface area (Å²) in [5, 5.41) is 10.6. The van der Waals surface area contributed by atoms with Crippen molar-refractivity contribution in [2.24, 2.45) is 51.2 Å². The Labute approximate surface area is 197 Å². The Morgan fingerprint density at radius 1 is 1.00 bits per heavy atom. The highest BCUT2D eigenvalue weighted by molar-refractivity contribution is 5.37. The Morgan fingerprint density at radius 2 is 1.72 bits per heavy atom. The van der Waals surface area contributed by atoms with Gasteiger partial charge < -0.3 is 5.11 Å². The molecule has 0 heterocycles. The minimum atomic E-state index is -0.279. The van der Waals surface area contributed by atoms with Gasteiger partial charge in [0.25, 0.3) is 0 Å². The number of hydrogen-bond donors (Lipinski definition) is 1. The van der Waals surface area contributed by atoms with Crippen molar-refractivity contribution < 1.29 is 5.11 Å². The van der Waals surface area contributed by atoms with E-state index in [0.717, 1.165) is 30.3 Å². The standard InChI is InChI=1S/C31H48O/c1-19(2)31-16-11-20(3)21(4)27(31)24-9-10-26-28(6)14-13-25(32)22(5)23(28)12-15-30(26,8)29(24,7)17-18-31/h9,20-21,23,25-27,32H,1,5,10-18H2,2-4,6-8H3/t20-,21+,23+,25+,26-,27+,28+,29-,30-,31-/m1/s1. The molecule has 0 saturated heterocycles. The van der Waals surface area contributed by atoms with Gasteiger partial charge in [-0.3, -0.25) is 0 Å². The first-order valence-electron chi connectivity index (χ1n) is 13.7. The van der Waals surface area contributed by atoms with Gasteiger partial charge in [-0.2, -0.15) is 0 Å². The molecule has 0 aromatic rings. The highest BCUT2D eigenvalue weighted by Crippen LogP contribution is 2.75. The number of rotatable bonds is 1. The second kappa shape index (κ2) is 7.10. The molecular weight excluding hydrogens is 388 g/mol. The molecule has 1 nitrogen and oxygen atoms in total. The lowest BCUT2D eigenvalue weighted by Gasteiger charge is -2.70. The Hall–Kier alpha value is -0.820. The van der Waals surface area contributed by atoms with Gasteiger partial charge in [-0.05, 0) is 122 Å². The second-order valence-electron chi connectivity index (χ2n) is 13.7. The normalized spacial score (nSPS) is 55.1. The molecule has 0 amide bonds. The van der Waals surface area contributed by atoms with Crippen molar-refractivity contribution in [1.82, 2.24) is 0 Å². The zero-order valence-corrected chi connectivity index (χ0v) is 21.8. The molecule has 0 aliphatic heterocycles. The number of hydrogen-bond acceptors (Lipinski definition) is 1. The SMILES string of the molecule is C=C1[C@@H](O)CC[C@]2(C)[C@H]3CC=C4[C@@H]5[C@@H](C)[C@H](C)CC[C@]5(C(=C)C)CC[C@@]4(C)[C@]3(C)CC[C@@H]12. The van der Waals surface area contributed by atoms with Crippen molar-refractivity contribution in [2.45, 2.75) is 105 Å². The molecule has 5 aliphatic carbocycles. The van der Waals surface area contributed by atoms with Gasteiger partial charge in [0.2, 0.25) is 0 Å². The smallest absolute Gasteiger partial charge is 0.0750 e. The van der Waals surface area contributed by atoms with E-state index in [1.54, 1.807) is 0 Å². The second-order valence-corrected chi connectivity index (χ2v) is 13.7. The van der Waals surface area contributed by atoms with Gasteiger partial charge in [0.15, 0.2) is 0 Å². The topological polar surface area (TPSA) is 20.2 Å². The molecule has 5 aliphatic rings. The van der Waals surface area contributed by atoms with Crippen molar-refractivity contribution in [3.63, 3.8) is 0 Å². The molecule has 1 N–H and O–H groups in total. The van der Waals surface area contributed by atoms with Crippen LogP contribution in [0.5, 0.6) is 0 Å². The fourth-order valence-electron chi connectivity index (χ4n) is 10.4. The van der Waals surface area contributed by atoms with Gasteiger partial charge in [0.1, 0.15) is 0 Å². The third-order valence-corrected chi connectivity index (χ3v) is 12.9. The minimum absolute atomic E-state index is 0.279. The molecule has 32 heavy (non-hydrogen) atoms. The summed E-state index contributed by atoms with van der Waals surface area (Å²) < 4.78 is 0. The summed E-state index contributed by atoms with van der Waals surface area (Å²) in [4.78, 5) is 0. The van der Waals surface area contributed by atoms with E-state index in [2.05, 4.69) is 60.8 Å². The van der Waals surface area contributed by atoms with Crippen molar-refractivity contribution in [3.8, 4) is 0 Å². The zero-order chi connectivity index (χ0) is 23.3. The van der Waals surface area contributed by atoms with Crippen LogP contribution < -0.4 is 0 Å². The maximum atomic E-state index is 10.6. The average Bonchev–Trinajstić information content (AvgIpc) is 2.74. The lowest BCUT2D eigenvalue weighted by Crippen LogP contribution is -2.62. The van der Waals surface area contributed by atoms with Gasteiger partial charge >= 0.3 is 0 Å². The molecule has 0 aromatic carbocycles. The maximum Gasteiger partial charge on any atom is 0.0750 e. The first-order chi connectivity index (χ1) is 14.9. The maximum absolute atomic E-state index is 10.6. The van der Waals surface area contributed by atoms with Gasteiger partial charge in [-0.15, -0.1) is 0 Å². The molecule has 0 radical (unpaired) electrons. The first kappa shape index (κ1) is 22.9. The van der Waals surface area contributed by atoms with Crippen LogP contribution in [0.1, 0.15) is 99.3 Å². The molecule has 0 bridgehead atoms. The number of aliphatic hydroxyl groups is 1. The minimum Gasteiger partial charge on any atom is -0.389 e. The third-order valence-electron chi connectivity index (χ3n) is 12.9. The summed E-state index contributed by atoms with van der Waals surface area (Å²) in [5.74, 6) is 3.41. The molecule has 0 spiro atoms. The molecule has 5 rings (SSSR count). The van der Waals surface area contributed by atoms with Crippen LogP contribution in [0.25, 0.3) is 0 Å². The van der Waals surface area contributed by atoms with Crippen LogP contribution in [0.3, 0.4) is 0 Å². The number of aliphatic hydroxyl groups excluding tert-OH is 1. The lowest BCUT2D eigenvalue weighted by atomic mass is 9.34. The van der Waals surface area contributed by atoms with E-state index >= 15 is 0 Å². The summed E-state index contributed by atoms with van der Waals surface area (Å²) in [6, 6.07) is 0. The van der Waals surface area contributed by atoms with Crippen LogP contribution in [0.2, 0.25) is 0 Å². The van der Waals surface area contributed by atoms with Crippen LogP contribution in [0.15, 0.2) is 36.0 Å². The highest BCUT2D eigenvalue weighted by atomic mass is 16.3. The van der Waals surface area contributed by atoms with Crippen LogP contribution in [-0.4, -0.2) is 11.2 Å². The van der Waals surface area contributed by atoms with Crippen molar-refractivity contribution in [1.29, 1.82) is 0 Å². The molecule has 4 fully saturated rings. The highest BCUT2D eigenvalue weighted by Gasteiger charge is 2.67. The van der Waals surface area contributed by atoms with E-state index < -0.39 is 0 Å². The summed E-state index contributed by atoms with van der Waals surface area (Å²) >= 11 is 0. The van der Waals surface area contributed by atoms with E-state index in [4.69, 9.17) is 0 Å².